The molecule has 15 heteroatoms. The number of hydrogen-bond acceptors (Lipinski definition) is 10. The van der Waals surface area contributed by atoms with Gasteiger partial charge in [-0.1, -0.05) is 41.5 Å². The first-order valence-corrected chi connectivity index (χ1v) is 9.99. The molecule has 0 saturated heterocycles. The summed E-state index contributed by atoms with van der Waals surface area (Å²) in [5, 5.41) is 39.9. The number of carbonyl (C=O) groups is 5. The Kier molecular flexibility index (Phi) is 30.2. The molecular weight excluding hydrogens is 458 g/mol. The van der Waals surface area contributed by atoms with Crippen molar-refractivity contribution in [3.63, 3.8) is 0 Å². The van der Waals surface area contributed by atoms with E-state index in [1.165, 1.54) is 0 Å². The van der Waals surface area contributed by atoms with Gasteiger partial charge in [0.1, 0.15) is 18.1 Å². The van der Waals surface area contributed by atoms with E-state index in [4.69, 9.17) is 42.7 Å². The molecule has 0 aliphatic heterocycles. The van der Waals surface area contributed by atoms with E-state index in [2.05, 4.69) is 11.5 Å². The second-order valence-electron chi connectivity index (χ2n) is 7.52. The minimum absolute atomic E-state index is 0.0208. The van der Waals surface area contributed by atoms with Crippen molar-refractivity contribution < 1.29 is 49.5 Å². The van der Waals surface area contributed by atoms with Gasteiger partial charge in [-0.3, -0.25) is 24.0 Å². The second kappa shape index (κ2) is 24.8. The Morgan fingerprint density at radius 1 is 0.500 bits per heavy atom. The molecule has 0 spiro atoms. The number of aliphatic carboxylic acids is 5. The van der Waals surface area contributed by atoms with Crippen LogP contribution in [0.25, 0.3) is 0 Å². The highest BCUT2D eigenvalue weighted by Gasteiger charge is 2.15. The van der Waals surface area contributed by atoms with Crippen LogP contribution in [0.2, 0.25) is 0 Å². The molecule has 0 saturated carbocycles. The Morgan fingerprint density at radius 3 is 0.618 bits per heavy atom. The largest absolute Gasteiger partial charge is 0.480 e. The Morgan fingerprint density at radius 2 is 0.618 bits per heavy atom. The van der Waals surface area contributed by atoms with Crippen LogP contribution in [0.3, 0.4) is 0 Å². The molecule has 0 amide bonds. The molecule has 0 radical (unpaired) electrons. The number of carboxylic acid groups (broad SMARTS) is 5. The predicted octanol–water partition coefficient (Wildman–Crippen LogP) is -1.78. The van der Waals surface area contributed by atoms with Crippen LogP contribution in [0.4, 0.5) is 0 Å². The lowest BCUT2D eigenvalue weighted by Gasteiger charge is -2.07. The van der Waals surface area contributed by atoms with Crippen LogP contribution in [0.1, 0.15) is 41.5 Å². The summed E-state index contributed by atoms with van der Waals surface area (Å²) in [5.41, 5.74) is 24.6. The third kappa shape index (κ3) is 36.5. The molecule has 3 atom stereocenters. The standard InChI is InChI=1S/3C5H11NO2.2C2H5NO2/c3*1-3(2)4(6)5(7)8;2*3-1-2(4)5/h3*3-4H,6H2,1-2H3,(H,7,8);2*1,3H2,(H,4,5)/t3*4-;;/m000../s1. The third-order valence-electron chi connectivity index (χ3n) is 3.36. The maximum absolute atomic E-state index is 10.0. The fourth-order valence-corrected chi connectivity index (χ4v) is 0.855. The molecule has 15 N–H and O–H groups in total. The van der Waals surface area contributed by atoms with Crippen molar-refractivity contribution in [3.8, 4) is 0 Å². The maximum atomic E-state index is 10.0. The molecule has 0 fully saturated rings. The molecule has 0 aromatic carbocycles. The normalized spacial score (nSPS) is 12.1. The first kappa shape index (κ1) is 41.4. The lowest BCUT2D eigenvalue weighted by molar-refractivity contribution is -0.140. The molecule has 0 rings (SSSR count). The Balaban J connectivity index is -0.000000105. The number of carboxylic acids is 5. The van der Waals surface area contributed by atoms with Crippen molar-refractivity contribution in [3.05, 3.63) is 0 Å². The molecule has 34 heavy (non-hydrogen) atoms. The highest BCUT2D eigenvalue weighted by atomic mass is 16.4. The zero-order valence-corrected chi connectivity index (χ0v) is 20.5. The van der Waals surface area contributed by atoms with Gasteiger partial charge in [0.15, 0.2) is 0 Å². The molecule has 0 aromatic heterocycles. The third-order valence-corrected chi connectivity index (χ3v) is 3.36. The summed E-state index contributed by atoms with van der Waals surface area (Å²) < 4.78 is 0. The monoisotopic (exact) mass is 501 g/mol. The number of rotatable bonds is 8. The molecule has 0 aromatic rings. The van der Waals surface area contributed by atoms with Gasteiger partial charge in [0.05, 0.1) is 13.1 Å². The van der Waals surface area contributed by atoms with Crippen molar-refractivity contribution >= 4 is 29.8 Å². The van der Waals surface area contributed by atoms with E-state index in [9.17, 15) is 24.0 Å². The highest BCUT2D eigenvalue weighted by molar-refractivity contribution is 5.74. The quantitative estimate of drug-likeness (QED) is 0.176. The summed E-state index contributed by atoms with van der Waals surface area (Å²) in [6.07, 6.45) is 0. The molecule has 0 heterocycles. The Labute approximate surface area is 199 Å². The van der Waals surface area contributed by atoms with E-state index in [0.717, 1.165) is 0 Å². The van der Waals surface area contributed by atoms with Crippen LogP contribution in [-0.2, 0) is 24.0 Å². The summed E-state index contributed by atoms with van der Waals surface area (Å²) in [5.74, 6) is -4.66. The average molecular weight is 502 g/mol. The molecular formula is C19H43N5O10. The van der Waals surface area contributed by atoms with E-state index in [-0.39, 0.29) is 30.8 Å². The lowest BCUT2D eigenvalue weighted by atomic mass is 10.1. The van der Waals surface area contributed by atoms with E-state index in [1.54, 1.807) is 41.5 Å². The van der Waals surface area contributed by atoms with Gasteiger partial charge in [-0.25, -0.2) is 0 Å². The SMILES string of the molecule is CC(C)[C@H](N)C(=O)O.CC(C)[C@H](N)C(=O)O.CC(C)[C@H](N)C(=O)O.NCC(=O)O.NCC(=O)O. The summed E-state index contributed by atoms with van der Waals surface area (Å²) in [4.78, 5) is 48.5. The van der Waals surface area contributed by atoms with Gasteiger partial charge in [0.25, 0.3) is 0 Å². The summed E-state index contributed by atoms with van der Waals surface area (Å²) in [6, 6.07) is -2.14. The van der Waals surface area contributed by atoms with Gasteiger partial charge in [-0.2, -0.15) is 0 Å². The molecule has 0 bridgehead atoms. The zero-order valence-electron chi connectivity index (χ0n) is 20.5. The van der Waals surface area contributed by atoms with E-state index >= 15 is 0 Å². The maximum Gasteiger partial charge on any atom is 0.320 e. The molecule has 15 nitrogen and oxygen atoms in total. The first-order valence-electron chi connectivity index (χ1n) is 9.99. The van der Waals surface area contributed by atoms with Gasteiger partial charge in [0, 0.05) is 0 Å². The van der Waals surface area contributed by atoms with Crippen LogP contribution in [-0.4, -0.2) is 86.6 Å². The highest BCUT2D eigenvalue weighted by Crippen LogP contribution is 1.97. The van der Waals surface area contributed by atoms with Gasteiger partial charge < -0.3 is 54.2 Å². The van der Waals surface area contributed by atoms with Gasteiger partial charge >= 0.3 is 29.8 Å². The number of nitrogens with two attached hydrogens (primary N) is 5. The van der Waals surface area contributed by atoms with Gasteiger partial charge in [-0.15, -0.1) is 0 Å². The van der Waals surface area contributed by atoms with Crippen LogP contribution in [0.15, 0.2) is 0 Å². The predicted molar refractivity (Wildman–Crippen MR) is 125 cm³/mol. The van der Waals surface area contributed by atoms with Crippen molar-refractivity contribution in [1.29, 1.82) is 0 Å². The van der Waals surface area contributed by atoms with Crippen LogP contribution >= 0.6 is 0 Å². The fraction of sp³-hybridized carbons (Fsp3) is 0.737. The van der Waals surface area contributed by atoms with Crippen molar-refractivity contribution in [2.75, 3.05) is 13.1 Å². The summed E-state index contributed by atoms with van der Waals surface area (Å²) >= 11 is 0. The van der Waals surface area contributed by atoms with Crippen LogP contribution in [0, 0.1) is 17.8 Å². The average Bonchev–Trinajstić information content (AvgIpc) is 2.72. The van der Waals surface area contributed by atoms with Crippen molar-refractivity contribution in [2.24, 2.45) is 46.4 Å². The minimum atomic E-state index is -0.968. The topological polar surface area (TPSA) is 317 Å². The Hall–Kier alpha value is -2.85. The van der Waals surface area contributed by atoms with Crippen LogP contribution < -0.4 is 28.7 Å². The summed E-state index contributed by atoms with van der Waals surface area (Å²) in [6.45, 7) is 10.1. The Bertz CT molecular complexity index is 515. The van der Waals surface area contributed by atoms with Gasteiger partial charge in [-0.05, 0) is 17.8 Å². The smallest absolute Gasteiger partial charge is 0.320 e. The zero-order chi connectivity index (χ0) is 28.8. The second-order valence-corrected chi connectivity index (χ2v) is 7.52. The molecule has 204 valence electrons. The van der Waals surface area contributed by atoms with Crippen molar-refractivity contribution in [2.45, 2.75) is 59.7 Å². The van der Waals surface area contributed by atoms with E-state index in [1.807, 2.05) is 0 Å². The van der Waals surface area contributed by atoms with Crippen LogP contribution in [0.5, 0.6) is 0 Å². The van der Waals surface area contributed by atoms with Gasteiger partial charge in [0.2, 0.25) is 0 Å². The molecule has 0 aliphatic carbocycles. The van der Waals surface area contributed by atoms with E-state index in [0.29, 0.717) is 0 Å². The molecule has 0 aliphatic rings. The van der Waals surface area contributed by atoms with E-state index < -0.39 is 48.0 Å². The number of hydrogen-bond donors (Lipinski definition) is 10. The minimum Gasteiger partial charge on any atom is -0.480 e. The summed E-state index contributed by atoms with van der Waals surface area (Å²) in [7, 11) is 0. The van der Waals surface area contributed by atoms with Crippen molar-refractivity contribution in [1.82, 2.24) is 0 Å². The first-order chi connectivity index (χ1) is 15.2. The molecule has 0 unspecified atom stereocenters. The lowest BCUT2D eigenvalue weighted by Crippen LogP contribution is -2.34. The fourth-order valence-electron chi connectivity index (χ4n) is 0.855.